The molecule has 2 aliphatic carbocycles. The van der Waals surface area contributed by atoms with Gasteiger partial charge < -0.3 is 4.74 Å². The van der Waals surface area contributed by atoms with Crippen LogP contribution in [0.3, 0.4) is 0 Å². The average molecular weight is 473 g/mol. The lowest BCUT2D eigenvalue weighted by Crippen LogP contribution is -2.20. The quantitative estimate of drug-likeness (QED) is 0.187. The van der Waals surface area contributed by atoms with Gasteiger partial charge in [0, 0.05) is 0 Å². The molecule has 2 saturated carbocycles. The molecule has 0 unspecified atom stereocenters. The molecule has 0 spiro atoms. The molecule has 186 valence electrons. The number of hydrogen-bond donors (Lipinski definition) is 0. The number of allylic oxidation sites excluding steroid dienone is 1. The first kappa shape index (κ1) is 26.0. The van der Waals surface area contributed by atoms with Gasteiger partial charge in [0.15, 0.2) is 11.6 Å². The summed E-state index contributed by atoms with van der Waals surface area (Å²) in [6.07, 6.45) is 13.5. The van der Waals surface area contributed by atoms with Crippen molar-refractivity contribution < 1.29 is 26.7 Å². The van der Waals surface area contributed by atoms with Crippen molar-refractivity contribution in [3.8, 4) is 5.75 Å². The van der Waals surface area contributed by atoms with Gasteiger partial charge in [-0.05, 0) is 79.9 Å². The first-order valence-electron chi connectivity index (χ1n) is 12.6. The number of halogens is 5. The zero-order valence-electron chi connectivity index (χ0n) is 19.4. The largest absolute Gasteiger partial charge is 0.573 e. The van der Waals surface area contributed by atoms with Crippen molar-refractivity contribution in [3.63, 3.8) is 0 Å². The Labute approximate surface area is 194 Å². The molecule has 0 N–H and O–H groups in total. The molecule has 6 heteroatoms. The van der Waals surface area contributed by atoms with Crippen LogP contribution in [0.15, 0.2) is 24.8 Å². The first-order valence-corrected chi connectivity index (χ1v) is 12.6. The zero-order chi connectivity index (χ0) is 23.8. The Balaban J connectivity index is 1.38. The van der Waals surface area contributed by atoms with Crippen LogP contribution in [0.5, 0.6) is 5.75 Å². The highest BCUT2D eigenvalue weighted by Crippen LogP contribution is 2.41. The fraction of sp³-hybridized carbons (Fsp3) is 0.704. The molecule has 0 atom stereocenters. The van der Waals surface area contributed by atoms with Crippen molar-refractivity contribution in [3.05, 3.63) is 42.0 Å². The van der Waals surface area contributed by atoms with Gasteiger partial charge in [0.2, 0.25) is 5.75 Å². The minimum Gasteiger partial charge on any atom is -0.399 e. The highest BCUT2D eigenvalue weighted by atomic mass is 19.4. The fourth-order valence-corrected chi connectivity index (χ4v) is 5.81. The van der Waals surface area contributed by atoms with Crippen molar-refractivity contribution in [1.29, 1.82) is 0 Å². The highest BCUT2D eigenvalue weighted by molar-refractivity contribution is 5.33. The van der Waals surface area contributed by atoms with Gasteiger partial charge in [-0.1, -0.05) is 57.4 Å². The summed E-state index contributed by atoms with van der Waals surface area (Å²) >= 11 is 0. The molecule has 0 saturated heterocycles. The molecule has 33 heavy (non-hydrogen) atoms. The Morgan fingerprint density at radius 2 is 1.27 bits per heavy atom. The number of benzene rings is 1. The zero-order valence-corrected chi connectivity index (χ0v) is 19.4. The number of rotatable bonds is 10. The maximum absolute atomic E-state index is 14.1. The molecule has 1 nitrogen and oxygen atoms in total. The van der Waals surface area contributed by atoms with Crippen LogP contribution in [-0.4, -0.2) is 6.36 Å². The first-order chi connectivity index (χ1) is 15.7. The van der Waals surface area contributed by atoms with Crippen LogP contribution in [0.1, 0.15) is 101 Å². The molecular weight excluding hydrogens is 435 g/mol. The SMILES string of the molecule is C=CCCCC[C@H]1CC[C@H](CC[C@H]2CC[C@H](c3cc(F)c(OC(F)(F)F)c(F)c3)CC2)CC1. The van der Waals surface area contributed by atoms with Crippen LogP contribution in [0.25, 0.3) is 0 Å². The minimum atomic E-state index is -5.12. The fourth-order valence-electron chi connectivity index (χ4n) is 5.81. The smallest absolute Gasteiger partial charge is 0.399 e. The van der Waals surface area contributed by atoms with E-state index in [1.54, 1.807) is 0 Å². The Bertz CT molecular complexity index is 720. The van der Waals surface area contributed by atoms with Gasteiger partial charge in [0.05, 0.1) is 0 Å². The minimum absolute atomic E-state index is 0.0123. The molecule has 1 aromatic rings. The second kappa shape index (κ2) is 12.2. The number of alkyl halides is 3. The van der Waals surface area contributed by atoms with Crippen LogP contribution in [-0.2, 0) is 0 Å². The van der Waals surface area contributed by atoms with Gasteiger partial charge in [-0.3, -0.25) is 0 Å². The summed E-state index contributed by atoms with van der Waals surface area (Å²) < 4.78 is 68.6. The molecule has 3 rings (SSSR count). The Morgan fingerprint density at radius 3 is 1.76 bits per heavy atom. The molecule has 1 aromatic carbocycles. The van der Waals surface area contributed by atoms with Crippen molar-refractivity contribution in [1.82, 2.24) is 0 Å². The molecule has 2 fully saturated rings. The monoisotopic (exact) mass is 472 g/mol. The lowest BCUT2D eigenvalue weighted by Gasteiger charge is -2.32. The van der Waals surface area contributed by atoms with Crippen LogP contribution in [0, 0.1) is 29.4 Å². The van der Waals surface area contributed by atoms with Crippen LogP contribution in [0.2, 0.25) is 0 Å². The predicted molar refractivity (Wildman–Crippen MR) is 121 cm³/mol. The van der Waals surface area contributed by atoms with Crippen molar-refractivity contribution in [2.45, 2.75) is 102 Å². The van der Waals surface area contributed by atoms with E-state index in [1.165, 1.54) is 57.8 Å². The lowest BCUT2D eigenvalue weighted by molar-refractivity contribution is -0.276. The molecule has 0 aromatic heterocycles. The van der Waals surface area contributed by atoms with Gasteiger partial charge in [0.1, 0.15) is 0 Å². The molecule has 0 amide bonds. The van der Waals surface area contributed by atoms with Crippen molar-refractivity contribution >= 4 is 0 Å². The second-order valence-electron chi connectivity index (χ2n) is 10.1. The van der Waals surface area contributed by atoms with Gasteiger partial charge >= 0.3 is 6.36 Å². The lowest BCUT2D eigenvalue weighted by atomic mass is 9.74. The van der Waals surface area contributed by atoms with Crippen molar-refractivity contribution in [2.24, 2.45) is 17.8 Å². The summed E-state index contributed by atoms with van der Waals surface area (Å²) in [5.41, 5.74) is 0.435. The van der Waals surface area contributed by atoms with E-state index in [0.29, 0.717) is 11.5 Å². The van der Waals surface area contributed by atoms with E-state index >= 15 is 0 Å². The average Bonchev–Trinajstić information content (AvgIpc) is 2.78. The molecule has 2 aliphatic rings. The standard InChI is InChI=1S/C27H37F5O/c1-2-3-4-5-6-19-7-9-20(10-8-19)11-12-21-13-15-22(16-14-21)23-17-24(28)26(25(29)18-23)33-27(30,31)32/h2,17-22H,1,3-16H2/t19-,20-,21-,22-. The van der Waals surface area contributed by atoms with E-state index < -0.39 is 23.7 Å². The van der Waals surface area contributed by atoms with E-state index in [-0.39, 0.29) is 5.92 Å². The van der Waals surface area contributed by atoms with Gasteiger partial charge in [0.25, 0.3) is 0 Å². The Morgan fingerprint density at radius 1 is 0.788 bits per heavy atom. The highest BCUT2D eigenvalue weighted by Gasteiger charge is 2.35. The summed E-state index contributed by atoms with van der Waals surface area (Å²) in [4.78, 5) is 0. The Kier molecular flexibility index (Phi) is 9.63. The van der Waals surface area contributed by atoms with Gasteiger partial charge in [-0.25, -0.2) is 8.78 Å². The van der Waals surface area contributed by atoms with Crippen LogP contribution >= 0.6 is 0 Å². The third-order valence-corrected chi connectivity index (χ3v) is 7.78. The van der Waals surface area contributed by atoms with Crippen molar-refractivity contribution in [2.75, 3.05) is 0 Å². The van der Waals surface area contributed by atoms with Gasteiger partial charge in [-0.2, -0.15) is 0 Å². The number of ether oxygens (including phenoxy) is 1. The van der Waals surface area contributed by atoms with E-state index in [2.05, 4.69) is 11.3 Å². The van der Waals surface area contributed by atoms with E-state index in [0.717, 1.165) is 56.1 Å². The normalized spacial score (nSPS) is 26.2. The van der Waals surface area contributed by atoms with E-state index in [9.17, 15) is 22.0 Å². The third-order valence-electron chi connectivity index (χ3n) is 7.78. The molecular formula is C27H37F5O. The number of unbranched alkanes of at least 4 members (excludes halogenated alkanes) is 2. The maximum atomic E-state index is 14.1. The maximum Gasteiger partial charge on any atom is 0.573 e. The van der Waals surface area contributed by atoms with E-state index in [1.807, 2.05) is 6.08 Å². The Hall–Kier alpha value is -1.59. The second-order valence-corrected chi connectivity index (χ2v) is 10.1. The van der Waals surface area contributed by atoms with Gasteiger partial charge in [-0.15, -0.1) is 19.8 Å². The summed E-state index contributed by atoms with van der Waals surface area (Å²) in [5.74, 6) is -1.60. The summed E-state index contributed by atoms with van der Waals surface area (Å²) in [7, 11) is 0. The summed E-state index contributed by atoms with van der Waals surface area (Å²) in [6.45, 7) is 3.79. The van der Waals surface area contributed by atoms with E-state index in [4.69, 9.17) is 0 Å². The molecule has 0 radical (unpaired) electrons. The summed E-state index contributed by atoms with van der Waals surface area (Å²) in [6, 6.07) is 2.01. The number of hydrogen-bond acceptors (Lipinski definition) is 1. The van der Waals surface area contributed by atoms with Crippen LogP contribution in [0.4, 0.5) is 22.0 Å². The predicted octanol–water partition coefficient (Wildman–Crippen LogP) is 9.47. The molecule has 0 heterocycles. The topological polar surface area (TPSA) is 9.23 Å². The third kappa shape index (κ3) is 8.29. The summed E-state index contributed by atoms with van der Waals surface area (Å²) in [5, 5.41) is 0. The molecule has 0 bridgehead atoms. The molecule has 0 aliphatic heterocycles. The van der Waals surface area contributed by atoms with Crippen LogP contribution < -0.4 is 4.74 Å².